The Kier molecular flexibility index (Phi) is 4.36. The quantitative estimate of drug-likeness (QED) is 0.907. The lowest BCUT2D eigenvalue weighted by atomic mass is 10.0. The van der Waals surface area contributed by atoms with Gasteiger partial charge in [0.2, 0.25) is 0 Å². The highest BCUT2D eigenvalue weighted by atomic mass is 19.1. The average Bonchev–Trinajstić information content (AvgIpc) is 2.68. The Balaban J connectivity index is 2.07. The molecular formula is C17H25FN2O2. The fraction of sp³-hybridized carbons (Fsp3) is 0.588. The molecule has 0 aromatic heterocycles. The van der Waals surface area contributed by atoms with Gasteiger partial charge in [-0.15, -0.1) is 0 Å². The Morgan fingerprint density at radius 2 is 2.09 bits per heavy atom. The van der Waals surface area contributed by atoms with Crippen molar-refractivity contribution < 1.29 is 13.9 Å². The zero-order valence-electron chi connectivity index (χ0n) is 14.0. The lowest BCUT2D eigenvalue weighted by Gasteiger charge is -2.29. The largest absolute Gasteiger partial charge is 0.444 e. The fourth-order valence-corrected chi connectivity index (χ4v) is 2.83. The van der Waals surface area contributed by atoms with Gasteiger partial charge in [-0.05, 0) is 52.7 Å². The first-order valence-corrected chi connectivity index (χ1v) is 7.61. The molecule has 4 nitrogen and oxygen atoms in total. The summed E-state index contributed by atoms with van der Waals surface area (Å²) >= 11 is 0. The van der Waals surface area contributed by atoms with E-state index in [0.717, 1.165) is 12.0 Å². The number of alkyl carbamates (subject to hydrolysis) is 1. The Labute approximate surface area is 131 Å². The zero-order chi connectivity index (χ0) is 16.5. The predicted molar refractivity (Wildman–Crippen MR) is 85.7 cm³/mol. The van der Waals surface area contributed by atoms with Crippen molar-refractivity contribution >= 4 is 11.8 Å². The second-order valence-corrected chi connectivity index (χ2v) is 7.26. The van der Waals surface area contributed by atoms with Crippen molar-refractivity contribution in [1.29, 1.82) is 0 Å². The van der Waals surface area contributed by atoms with Crippen molar-refractivity contribution in [3.05, 3.63) is 29.6 Å². The molecule has 2 rings (SSSR count). The van der Waals surface area contributed by atoms with Gasteiger partial charge in [0.25, 0.3) is 0 Å². The molecule has 1 aliphatic heterocycles. The van der Waals surface area contributed by atoms with Crippen LogP contribution in [0.25, 0.3) is 0 Å². The van der Waals surface area contributed by atoms with Crippen LogP contribution in [0.15, 0.2) is 18.2 Å². The van der Waals surface area contributed by atoms with Crippen LogP contribution in [0.2, 0.25) is 0 Å². The summed E-state index contributed by atoms with van der Waals surface area (Å²) in [5.74, 6) is -0.221. The van der Waals surface area contributed by atoms with Crippen LogP contribution in [0.3, 0.4) is 0 Å². The Hall–Kier alpha value is -1.78. The minimum Gasteiger partial charge on any atom is -0.444 e. The van der Waals surface area contributed by atoms with E-state index in [1.807, 2.05) is 45.6 Å². The molecule has 1 aromatic carbocycles. The van der Waals surface area contributed by atoms with E-state index in [1.54, 1.807) is 6.07 Å². The standard InChI is InChI=1S/C17H25FN2O2/c1-12-7-6-8-13(18)14(12)20-10-9-17(5,11-20)19-15(21)22-16(2,3)4/h6-8H,9-11H2,1-5H3,(H,19,21). The molecule has 0 radical (unpaired) electrons. The summed E-state index contributed by atoms with van der Waals surface area (Å²) in [7, 11) is 0. The highest BCUT2D eigenvalue weighted by molar-refractivity contribution is 5.69. The van der Waals surface area contributed by atoms with E-state index in [-0.39, 0.29) is 5.82 Å². The first-order chi connectivity index (χ1) is 10.1. The monoisotopic (exact) mass is 308 g/mol. The number of carbonyl (C=O) groups is 1. The first kappa shape index (κ1) is 16.6. The third kappa shape index (κ3) is 3.90. The molecule has 1 atom stereocenters. The van der Waals surface area contributed by atoms with Crippen LogP contribution in [0, 0.1) is 12.7 Å². The molecule has 1 aromatic rings. The van der Waals surface area contributed by atoms with Crippen molar-refractivity contribution in [2.75, 3.05) is 18.0 Å². The lowest BCUT2D eigenvalue weighted by molar-refractivity contribution is 0.0473. The van der Waals surface area contributed by atoms with Crippen LogP contribution < -0.4 is 10.2 Å². The van der Waals surface area contributed by atoms with E-state index in [4.69, 9.17) is 4.74 Å². The summed E-state index contributed by atoms with van der Waals surface area (Å²) < 4.78 is 19.4. The summed E-state index contributed by atoms with van der Waals surface area (Å²) in [6.07, 6.45) is 0.321. The van der Waals surface area contributed by atoms with Crippen molar-refractivity contribution in [1.82, 2.24) is 5.32 Å². The first-order valence-electron chi connectivity index (χ1n) is 7.61. The molecule has 0 bridgehead atoms. The number of amides is 1. The predicted octanol–water partition coefficient (Wildman–Crippen LogP) is 3.63. The van der Waals surface area contributed by atoms with Crippen LogP contribution in [0.1, 0.15) is 39.7 Å². The van der Waals surface area contributed by atoms with Crippen LogP contribution >= 0.6 is 0 Å². The Morgan fingerprint density at radius 1 is 1.41 bits per heavy atom. The number of hydrogen-bond acceptors (Lipinski definition) is 3. The van der Waals surface area contributed by atoms with E-state index in [1.165, 1.54) is 6.07 Å². The maximum Gasteiger partial charge on any atom is 0.408 e. The second-order valence-electron chi connectivity index (χ2n) is 7.26. The van der Waals surface area contributed by atoms with E-state index >= 15 is 0 Å². The molecular weight excluding hydrogens is 283 g/mol. The summed E-state index contributed by atoms with van der Waals surface area (Å²) in [6.45, 7) is 10.6. The smallest absolute Gasteiger partial charge is 0.408 e. The number of hydrogen-bond donors (Lipinski definition) is 1. The Bertz CT molecular complexity index is 548. The number of nitrogens with zero attached hydrogens (tertiary/aromatic N) is 1. The van der Waals surface area contributed by atoms with Crippen LogP contribution in [0.5, 0.6) is 0 Å². The molecule has 5 heteroatoms. The summed E-state index contributed by atoms with van der Waals surface area (Å²) in [5.41, 5.74) is 0.580. The van der Waals surface area contributed by atoms with Gasteiger partial charge in [0.05, 0.1) is 11.2 Å². The van der Waals surface area contributed by atoms with Gasteiger partial charge < -0.3 is 15.0 Å². The van der Waals surface area contributed by atoms with Gasteiger partial charge in [-0.3, -0.25) is 0 Å². The maximum absolute atomic E-state index is 14.1. The van der Waals surface area contributed by atoms with Crippen molar-refractivity contribution in [3.63, 3.8) is 0 Å². The molecule has 1 amide bonds. The van der Waals surface area contributed by atoms with Crippen molar-refractivity contribution in [2.24, 2.45) is 0 Å². The van der Waals surface area contributed by atoms with Gasteiger partial charge in [0, 0.05) is 13.1 Å². The molecule has 1 N–H and O–H groups in total. The topological polar surface area (TPSA) is 41.6 Å². The highest BCUT2D eigenvalue weighted by Crippen LogP contribution is 2.31. The number of carbonyl (C=O) groups excluding carboxylic acids is 1. The van der Waals surface area contributed by atoms with Gasteiger partial charge in [0.15, 0.2) is 0 Å². The average molecular weight is 308 g/mol. The normalized spacial score (nSPS) is 21.8. The number of aryl methyl sites for hydroxylation is 1. The summed E-state index contributed by atoms with van der Waals surface area (Å²) in [4.78, 5) is 14.0. The number of benzene rings is 1. The molecule has 1 fully saturated rings. The molecule has 0 aliphatic carbocycles. The number of nitrogens with one attached hydrogen (secondary N) is 1. The molecule has 22 heavy (non-hydrogen) atoms. The van der Waals surface area contributed by atoms with Gasteiger partial charge in [-0.2, -0.15) is 0 Å². The molecule has 1 heterocycles. The third-order valence-electron chi connectivity index (χ3n) is 3.78. The van der Waals surface area contributed by atoms with Gasteiger partial charge in [0.1, 0.15) is 11.4 Å². The van der Waals surface area contributed by atoms with Gasteiger partial charge >= 0.3 is 6.09 Å². The molecule has 0 saturated carbocycles. The van der Waals surface area contributed by atoms with E-state index in [0.29, 0.717) is 18.8 Å². The van der Waals surface area contributed by atoms with E-state index < -0.39 is 17.2 Å². The molecule has 1 unspecified atom stereocenters. The second kappa shape index (κ2) is 5.78. The van der Waals surface area contributed by atoms with Crippen molar-refractivity contribution in [2.45, 2.75) is 52.2 Å². The molecule has 122 valence electrons. The minimum absolute atomic E-state index is 0.221. The summed E-state index contributed by atoms with van der Waals surface area (Å²) in [6, 6.07) is 5.08. The van der Waals surface area contributed by atoms with Crippen LogP contribution in [-0.2, 0) is 4.74 Å². The molecule has 1 saturated heterocycles. The zero-order valence-corrected chi connectivity index (χ0v) is 14.0. The van der Waals surface area contributed by atoms with Crippen LogP contribution in [-0.4, -0.2) is 30.3 Å². The third-order valence-corrected chi connectivity index (χ3v) is 3.78. The number of para-hydroxylation sites is 1. The maximum atomic E-state index is 14.1. The fourth-order valence-electron chi connectivity index (χ4n) is 2.83. The van der Waals surface area contributed by atoms with Crippen molar-refractivity contribution in [3.8, 4) is 0 Å². The molecule has 0 spiro atoms. The lowest BCUT2D eigenvalue weighted by Crippen LogP contribution is -2.49. The number of halogens is 1. The van der Waals surface area contributed by atoms with Crippen LogP contribution in [0.4, 0.5) is 14.9 Å². The van der Waals surface area contributed by atoms with Gasteiger partial charge in [-0.25, -0.2) is 9.18 Å². The van der Waals surface area contributed by atoms with E-state index in [2.05, 4.69) is 5.32 Å². The SMILES string of the molecule is Cc1cccc(F)c1N1CCC(C)(NC(=O)OC(C)(C)C)C1. The number of anilines is 1. The van der Waals surface area contributed by atoms with Gasteiger partial charge in [-0.1, -0.05) is 12.1 Å². The minimum atomic E-state index is -0.527. The highest BCUT2D eigenvalue weighted by Gasteiger charge is 2.37. The Morgan fingerprint density at radius 3 is 2.68 bits per heavy atom. The summed E-state index contributed by atoms with van der Waals surface area (Å²) in [5, 5.41) is 2.93. The number of rotatable bonds is 2. The molecule has 1 aliphatic rings. The number of ether oxygens (including phenoxy) is 1. The van der Waals surface area contributed by atoms with E-state index in [9.17, 15) is 9.18 Å².